The molecule has 2 nitrogen and oxygen atoms in total. The highest BCUT2D eigenvalue weighted by atomic mass is 16.5. The molecule has 0 fully saturated rings. The summed E-state index contributed by atoms with van der Waals surface area (Å²) < 4.78 is 7.13. The fourth-order valence-corrected chi connectivity index (χ4v) is 10.3. The van der Waals surface area contributed by atoms with Crippen molar-refractivity contribution in [3.63, 3.8) is 0 Å². The van der Waals surface area contributed by atoms with Crippen LogP contribution in [0.5, 0.6) is 11.5 Å². The first kappa shape index (κ1) is 36.6. The first-order valence-electron chi connectivity index (χ1n) is 21.7. The Morgan fingerprint density at radius 3 is 1.44 bits per heavy atom. The lowest BCUT2D eigenvalue weighted by Crippen LogP contribution is -2.28. The average molecular weight is 804 g/mol. The highest BCUT2D eigenvalue weighted by molar-refractivity contribution is 6.02. The van der Waals surface area contributed by atoms with Crippen molar-refractivity contribution >= 4 is 17.1 Å². The van der Waals surface area contributed by atoms with Crippen molar-refractivity contribution < 1.29 is 4.74 Å². The number of ether oxygens (including phenoxy) is 1. The van der Waals surface area contributed by atoms with E-state index in [0.29, 0.717) is 0 Å². The molecule has 1 heterocycles. The molecule has 1 aliphatic heterocycles. The highest BCUT2D eigenvalue weighted by Gasteiger charge is 2.46. The van der Waals surface area contributed by atoms with Gasteiger partial charge in [0.25, 0.3) is 0 Å². The van der Waals surface area contributed by atoms with Crippen molar-refractivity contribution in [1.29, 1.82) is 0 Å². The van der Waals surface area contributed by atoms with E-state index in [1.807, 2.05) is 0 Å². The lowest BCUT2D eigenvalue weighted by atomic mass is 9.67. The number of anilines is 3. The smallest absolute Gasteiger partial charge is 0.137 e. The van der Waals surface area contributed by atoms with Crippen molar-refractivity contribution in [3.05, 3.63) is 271 Å². The second kappa shape index (κ2) is 15.1. The third-order valence-corrected chi connectivity index (χ3v) is 13.0. The maximum absolute atomic E-state index is 7.13. The van der Waals surface area contributed by atoms with Crippen molar-refractivity contribution in [1.82, 2.24) is 0 Å². The van der Waals surface area contributed by atoms with Crippen LogP contribution in [-0.2, 0) is 5.41 Å². The first-order chi connectivity index (χ1) is 31.3. The largest absolute Gasteiger partial charge is 0.456 e. The Morgan fingerprint density at radius 2 is 0.778 bits per heavy atom. The fraction of sp³-hybridized carbons (Fsp3) is 0.0164. The van der Waals surface area contributed by atoms with Crippen molar-refractivity contribution in [2.45, 2.75) is 5.41 Å². The van der Waals surface area contributed by atoms with E-state index < -0.39 is 5.41 Å². The van der Waals surface area contributed by atoms with Crippen LogP contribution in [0.2, 0.25) is 0 Å². The van der Waals surface area contributed by atoms with E-state index in [-0.39, 0.29) is 0 Å². The zero-order valence-corrected chi connectivity index (χ0v) is 34.5. The van der Waals surface area contributed by atoms with E-state index in [1.165, 1.54) is 44.5 Å². The number of rotatable bonds is 7. The monoisotopic (exact) mass is 803 g/mol. The van der Waals surface area contributed by atoms with Crippen LogP contribution in [0.25, 0.3) is 55.6 Å². The van der Waals surface area contributed by atoms with Gasteiger partial charge in [0.15, 0.2) is 0 Å². The minimum absolute atomic E-state index is 0.550. The third kappa shape index (κ3) is 5.87. The quantitative estimate of drug-likeness (QED) is 0.159. The third-order valence-electron chi connectivity index (χ3n) is 13.0. The van der Waals surface area contributed by atoms with E-state index in [1.54, 1.807) is 0 Å². The van der Waals surface area contributed by atoms with E-state index in [0.717, 1.165) is 61.9 Å². The molecule has 0 amide bonds. The molecule has 63 heavy (non-hydrogen) atoms. The maximum atomic E-state index is 7.13. The summed E-state index contributed by atoms with van der Waals surface area (Å²) in [4.78, 5) is 2.44. The average Bonchev–Trinajstić information content (AvgIpc) is 3.56. The number of hydrogen-bond donors (Lipinski definition) is 0. The minimum atomic E-state index is -0.550. The molecule has 12 rings (SSSR count). The van der Waals surface area contributed by atoms with Crippen LogP contribution in [-0.4, -0.2) is 0 Å². The summed E-state index contributed by atoms with van der Waals surface area (Å²) in [6, 6.07) is 90.1. The summed E-state index contributed by atoms with van der Waals surface area (Å²) in [7, 11) is 0. The van der Waals surface area contributed by atoms with Crippen LogP contribution >= 0.6 is 0 Å². The number of benzene rings is 10. The van der Waals surface area contributed by atoms with Crippen molar-refractivity contribution in [2.75, 3.05) is 4.90 Å². The topological polar surface area (TPSA) is 12.5 Å². The highest BCUT2D eigenvalue weighted by Crippen LogP contribution is 2.59. The van der Waals surface area contributed by atoms with Crippen LogP contribution < -0.4 is 9.64 Å². The molecule has 1 aliphatic carbocycles. The van der Waals surface area contributed by atoms with Gasteiger partial charge in [0.05, 0.1) is 11.1 Å². The maximum Gasteiger partial charge on any atom is 0.137 e. The molecule has 10 aromatic rings. The molecule has 0 spiro atoms. The Morgan fingerprint density at radius 1 is 0.302 bits per heavy atom. The Hall–Kier alpha value is -8.20. The Kier molecular flexibility index (Phi) is 8.76. The summed E-state index contributed by atoms with van der Waals surface area (Å²) in [6.45, 7) is 0. The predicted molar refractivity (Wildman–Crippen MR) is 260 cm³/mol. The van der Waals surface area contributed by atoms with E-state index in [9.17, 15) is 0 Å². The van der Waals surface area contributed by atoms with Crippen molar-refractivity contribution in [3.8, 4) is 67.1 Å². The molecule has 296 valence electrons. The van der Waals surface area contributed by atoms with Gasteiger partial charge < -0.3 is 9.64 Å². The van der Waals surface area contributed by atoms with Gasteiger partial charge in [-0.3, -0.25) is 0 Å². The normalized spacial score (nSPS) is 12.7. The Bertz CT molecular complexity index is 3250. The van der Waals surface area contributed by atoms with Gasteiger partial charge >= 0.3 is 0 Å². The summed E-state index contributed by atoms with van der Waals surface area (Å²) in [5.41, 5.74) is 19.1. The van der Waals surface area contributed by atoms with Crippen LogP contribution in [0.3, 0.4) is 0 Å². The van der Waals surface area contributed by atoms with Crippen LogP contribution in [0.1, 0.15) is 22.3 Å². The van der Waals surface area contributed by atoms with Crippen LogP contribution in [0.4, 0.5) is 17.1 Å². The van der Waals surface area contributed by atoms with Crippen molar-refractivity contribution in [2.24, 2.45) is 0 Å². The molecule has 0 saturated heterocycles. The lowest BCUT2D eigenvalue weighted by Gasteiger charge is -2.35. The van der Waals surface area contributed by atoms with Crippen LogP contribution in [0, 0.1) is 0 Å². The standard InChI is InChI=1S/C61H41NO/c1-5-19-42(20-6-1)43-35-37-47(38-36-43)62(48-39-40-51-50-27-15-16-31-54(50)61(55(51)41-48,45-23-9-3-10-24-45)46-25-11-4-12-26-46)56-32-18-34-58-60(56)53-29-14-13-28-52(53)59-49(30-17-33-57(59)63-58)44-21-7-2-8-22-44/h1-41H. The van der Waals surface area contributed by atoms with Gasteiger partial charge in [-0.1, -0.05) is 206 Å². The van der Waals surface area contributed by atoms with E-state index >= 15 is 0 Å². The van der Waals surface area contributed by atoms with Gasteiger partial charge in [0.2, 0.25) is 0 Å². The van der Waals surface area contributed by atoms with Gasteiger partial charge in [-0.15, -0.1) is 0 Å². The zero-order valence-electron chi connectivity index (χ0n) is 34.5. The first-order valence-corrected chi connectivity index (χ1v) is 21.7. The summed E-state index contributed by atoms with van der Waals surface area (Å²) in [6.07, 6.45) is 0. The van der Waals surface area contributed by atoms with E-state index in [4.69, 9.17) is 4.74 Å². The molecular weight excluding hydrogens is 763 g/mol. The van der Waals surface area contributed by atoms with Gasteiger partial charge in [-0.05, 0) is 109 Å². The number of fused-ring (bicyclic) bond motifs is 8. The van der Waals surface area contributed by atoms with E-state index in [2.05, 4.69) is 254 Å². The molecule has 0 aromatic heterocycles. The Labute approximate surface area is 368 Å². The molecule has 0 radical (unpaired) electrons. The molecule has 0 atom stereocenters. The predicted octanol–water partition coefficient (Wildman–Crippen LogP) is 16.3. The van der Waals surface area contributed by atoms with Gasteiger partial charge in [-0.25, -0.2) is 0 Å². The summed E-state index contributed by atoms with van der Waals surface area (Å²) >= 11 is 0. The molecule has 0 bridgehead atoms. The van der Waals surface area contributed by atoms with Crippen LogP contribution in [0.15, 0.2) is 249 Å². The Balaban J connectivity index is 1.12. The number of nitrogens with zero attached hydrogens (tertiary/aromatic N) is 1. The van der Waals surface area contributed by atoms with Gasteiger partial charge in [-0.2, -0.15) is 0 Å². The van der Waals surface area contributed by atoms with Gasteiger partial charge in [0, 0.05) is 22.5 Å². The summed E-state index contributed by atoms with van der Waals surface area (Å²) in [5.74, 6) is 1.65. The number of hydrogen-bond acceptors (Lipinski definition) is 2. The molecular formula is C61H41NO. The summed E-state index contributed by atoms with van der Waals surface area (Å²) in [5, 5.41) is 0. The molecule has 10 aromatic carbocycles. The molecule has 2 aliphatic rings. The molecule has 0 unspecified atom stereocenters. The second-order valence-corrected chi connectivity index (χ2v) is 16.3. The molecule has 2 heteroatoms. The van der Waals surface area contributed by atoms with Gasteiger partial charge in [0.1, 0.15) is 11.5 Å². The lowest BCUT2D eigenvalue weighted by molar-refractivity contribution is 0.488. The fourth-order valence-electron chi connectivity index (χ4n) is 10.3. The molecule has 0 saturated carbocycles. The molecule has 0 N–H and O–H groups in total. The minimum Gasteiger partial charge on any atom is -0.456 e. The SMILES string of the molecule is c1ccc(-c2ccc(N(c3ccc4c(c3)C(c3ccccc3)(c3ccccc3)c3ccccc3-4)c3cccc4c3-c3ccccc3-c3c(cccc3-c3ccccc3)O4)cc2)cc1. The second-order valence-electron chi connectivity index (χ2n) is 16.3. The zero-order chi connectivity index (χ0) is 41.7.